The number of aliphatic imine (C=N–C) groups is 1. The summed E-state index contributed by atoms with van der Waals surface area (Å²) in [6.45, 7) is 6.33. The zero-order chi connectivity index (χ0) is 20.9. The Morgan fingerprint density at radius 1 is 1.39 bits per heavy atom. The highest BCUT2D eigenvalue weighted by Crippen LogP contribution is 2.30. The van der Waals surface area contributed by atoms with E-state index in [1.807, 2.05) is 13.0 Å². The van der Waals surface area contributed by atoms with E-state index < -0.39 is 15.6 Å². The number of sulfonamides is 1. The van der Waals surface area contributed by atoms with E-state index >= 15 is 0 Å². The van der Waals surface area contributed by atoms with E-state index in [4.69, 9.17) is 4.74 Å². The molecular formula is C19H31FN4O3S. The first kappa shape index (κ1) is 22.4. The van der Waals surface area contributed by atoms with Crippen molar-refractivity contribution in [2.45, 2.75) is 45.2 Å². The summed E-state index contributed by atoms with van der Waals surface area (Å²) in [6, 6.07) is 4.73. The van der Waals surface area contributed by atoms with Crippen molar-refractivity contribution < 1.29 is 17.5 Å². The topological polar surface area (TPSA) is 91.8 Å². The van der Waals surface area contributed by atoms with Crippen molar-refractivity contribution in [3.63, 3.8) is 0 Å². The molecule has 1 atom stereocenters. The summed E-state index contributed by atoms with van der Waals surface area (Å²) in [5, 5.41) is 6.27. The number of hydrogen-bond acceptors (Lipinski definition) is 4. The number of halogens is 1. The highest BCUT2D eigenvalue weighted by Gasteiger charge is 2.24. The molecule has 7 nitrogen and oxygen atoms in total. The van der Waals surface area contributed by atoms with Crippen molar-refractivity contribution in [2.24, 2.45) is 10.9 Å². The number of hydrogen-bond donors (Lipinski definition) is 3. The fourth-order valence-electron chi connectivity index (χ4n) is 2.72. The Morgan fingerprint density at radius 3 is 2.61 bits per heavy atom. The second kappa shape index (κ2) is 9.09. The summed E-state index contributed by atoms with van der Waals surface area (Å²) in [6.07, 6.45) is 3.43. The maximum absolute atomic E-state index is 14.3. The third-order valence-corrected chi connectivity index (χ3v) is 5.29. The van der Waals surface area contributed by atoms with Gasteiger partial charge in [0.25, 0.3) is 0 Å². The minimum absolute atomic E-state index is 0.204. The van der Waals surface area contributed by atoms with E-state index in [-0.39, 0.29) is 17.6 Å². The van der Waals surface area contributed by atoms with E-state index in [1.54, 1.807) is 27.0 Å². The lowest BCUT2D eigenvalue weighted by molar-refractivity contribution is 0.285. The van der Waals surface area contributed by atoms with Crippen LogP contribution in [0.25, 0.3) is 0 Å². The summed E-state index contributed by atoms with van der Waals surface area (Å²) in [5.41, 5.74) is 0.0638. The van der Waals surface area contributed by atoms with E-state index in [9.17, 15) is 12.8 Å². The van der Waals surface area contributed by atoms with Crippen molar-refractivity contribution in [2.75, 3.05) is 26.5 Å². The Kier molecular flexibility index (Phi) is 7.28. The van der Waals surface area contributed by atoms with Gasteiger partial charge in [-0.25, -0.2) is 17.5 Å². The normalized spacial score (nSPS) is 16.6. The molecule has 158 valence electrons. The monoisotopic (exact) mass is 414 g/mol. The number of guanidine groups is 1. The third-order valence-electron chi connectivity index (χ3n) is 4.36. The molecule has 1 aromatic rings. The largest absolute Gasteiger partial charge is 0.490 e. The first-order chi connectivity index (χ1) is 13.0. The average molecular weight is 415 g/mol. The van der Waals surface area contributed by atoms with Crippen LogP contribution in [0.2, 0.25) is 0 Å². The lowest BCUT2D eigenvalue weighted by Crippen LogP contribution is -2.53. The van der Waals surface area contributed by atoms with Crippen LogP contribution < -0.4 is 20.1 Å². The predicted molar refractivity (Wildman–Crippen MR) is 110 cm³/mol. The summed E-state index contributed by atoms with van der Waals surface area (Å²) < 4.78 is 45.3. The van der Waals surface area contributed by atoms with E-state index in [2.05, 4.69) is 20.3 Å². The Balaban J connectivity index is 1.92. The van der Waals surface area contributed by atoms with Gasteiger partial charge in [0.2, 0.25) is 10.0 Å². The maximum atomic E-state index is 14.3. The molecule has 0 bridgehead atoms. The summed E-state index contributed by atoms with van der Waals surface area (Å²) >= 11 is 0. The van der Waals surface area contributed by atoms with Crippen LogP contribution in [0.3, 0.4) is 0 Å². The molecule has 1 aliphatic rings. The quantitative estimate of drug-likeness (QED) is 0.425. The number of rotatable bonds is 9. The van der Waals surface area contributed by atoms with Crippen LogP contribution in [-0.4, -0.2) is 46.4 Å². The fraction of sp³-hybridized carbons (Fsp3) is 0.632. The number of ether oxygens (including phenoxy) is 1. The van der Waals surface area contributed by atoms with Gasteiger partial charge >= 0.3 is 0 Å². The van der Waals surface area contributed by atoms with Crippen LogP contribution >= 0.6 is 0 Å². The Morgan fingerprint density at radius 2 is 2.07 bits per heavy atom. The molecule has 0 amide bonds. The second-order valence-electron chi connectivity index (χ2n) is 7.99. The van der Waals surface area contributed by atoms with Crippen LogP contribution in [0.4, 0.5) is 4.39 Å². The standard InChI is InChI=1S/C19H31FN4O3S/c1-13(15-8-9-17(16(20)10-15)27-11-14-6-7-14)23-18(21-4)22-12-19(2,3)24-28(5,25)26/h8-10,13-14,24H,6-7,11-12H2,1-5H3,(H2,21,22,23). The molecule has 1 unspecified atom stereocenters. The lowest BCUT2D eigenvalue weighted by Gasteiger charge is -2.27. The highest BCUT2D eigenvalue weighted by atomic mass is 32.2. The van der Waals surface area contributed by atoms with Crippen molar-refractivity contribution in [3.05, 3.63) is 29.6 Å². The Labute approximate surface area is 167 Å². The van der Waals surface area contributed by atoms with Gasteiger partial charge in [0, 0.05) is 19.1 Å². The third kappa shape index (κ3) is 7.63. The number of nitrogens with zero attached hydrogens (tertiary/aromatic N) is 1. The minimum Gasteiger partial charge on any atom is -0.490 e. The lowest BCUT2D eigenvalue weighted by atomic mass is 10.1. The minimum atomic E-state index is -3.32. The van der Waals surface area contributed by atoms with Gasteiger partial charge in [0.1, 0.15) is 0 Å². The molecule has 0 aliphatic heterocycles. The van der Waals surface area contributed by atoms with Crippen molar-refractivity contribution in [1.82, 2.24) is 15.4 Å². The molecule has 1 aromatic carbocycles. The van der Waals surface area contributed by atoms with Crippen molar-refractivity contribution in [1.29, 1.82) is 0 Å². The smallest absolute Gasteiger partial charge is 0.209 e. The molecular weight excluding hydrogens is 383 g/mol. The molecule has 9 heteroatoms. The second-order valence-corrected chi connectivity index (χ2v) is 9.74. The van der Waals surface area contributed by atoms with Crippen LogP contribution in [0.5, 0.6) is 5.75 Å². The number of benzene rings is 1. The van der Waals surface area contributed by atoms with Crippen LogP contribution in [0, 0.1) is 11.7 Å². The first-order valence-corrected chi connectivity index (χ1v) is 11.3. The van der Waals surface area contributed by atoms with Gasteiger partial charge in [-0.1, -0.05) is 6.07 Å². The Hall–Kier alpha value is -1.87. The van der Waals surface area contributed by atoms with Gasteiger partial charge in [0.05, 0.1) is 18.9 Å². The molecule has 28 heavy (non-hydrogen) atoms. The molecule has 2 rings (SSSR count). The van der Waals surface area contributed by atoms with Crippen molar-refractivity contribution in [3.8, 4) is 5.75 Å². The van der Waals surface area contributed by atoms with Crippen LogP contribution in [-0.2, 0) is 10.0 Å². The van der Waals surface area contributed by atoms with E-state index in [1.165, 1.54) is 6.07 Å². The first-order valence-electron chi connectivity index (χ1n) is 9.37. The predicted octanol–water partition coefficient (Wildman–Crippen LogP) is 2.17. The number of nitrogens with one attached hydrogen (secondary N) is 3. The van der Waals surface area contributed by atoms with Gasteiger partial charge in [-0.05, 0) is 57.2 Å². The fourth-order valence-corrected chi connectivity index (χ4v) is 3.80. The molecule has 1 aliphatic carbocycles. The molecule has 0 spiro atoms. The van der Waals surface area contributed by atoms with Gasteiger partial charge < -0.3 is 15.4 Å². The Bertz CT molecular complexity index is 807. The van der Waals surface area contributed by atoms with Crippen LogP contribution in [0.1, 0.15) is 45.2 Å². The van der Waals surface area contributed by atoms with Gasteiger partial charge in [-0.3, -0.25) is 4.99 Å². The zero-order valence-corrected chi connectivity index (χ0v) is 18.0. The van der Waals surface area contributed by atoms with Crippen molar-refractivity contribution >= 4 is 16.0 Å². The zero-order valence-electron chi connectivity index (χ0n) is 17.2. The molecule has 1 saturated carbocycles. The summed E-state index contributed by atoms with van der Waals surface area (Å²) in [4.78, 5) is 4.15. The summed E-state index contributed by atoms with van der Waals surface area (Å²) in [7, 11) is -1.70. The van der Waals surface area contributed by atoms with E-state index in [0.29, 0.717) is 25.0 Å². The molecule has 0 saturated heterocycles. The van der Waals surface area contributed by atoms with Gasteiger partial charge in [0.15, 0.2) is 17.5 Å². The van der Waals surface area contributed by atoms with E-state index in [0.717, 1.165) is 24.7 Å². The van der Waals surface area contributed by atoms with Gasteiger partial charge in [-0.2, -0.15) is 0 Å². The molecule has 0 heterocycles. The summed E-state index contributed by atoms with van der Waals surface area (Å²) in [5.74, 6) is 0.952. The molecule has 0 aromatic heterocycles. The van der Waals surface area contributed by atoms with Gasteiger partial charge in [-0.15, -0.1) is 0 Å². The average Bonchev–Trinajstić information content (AvgIpc) is 3.39. The highest BCUT2D eigenvalue weighted by molar-refractivity contribution is 7.88. The van der Waals surface area contributed by atoms with Crippen LogP contribution in [0.15, 0.2) is 23.2 Å². The maximum Gasteiger partial charge on any atom is 0.209 e. The molecule has 0 radical (unpaired) electrons. The SMILES string of the molecule is CN=C(NCC(C)(C)NS(C)(=O)=O)NC(C)c1ccc(OCC2CC2)c(F)c1. The molecule has 3 N–H and O–H groups in total. The molecule has 1 fully saturated rings.